The third kappa shape index (κ3) is 7.93. The summed E-state index contributed by atoms with van der Waals surface area (Å²) in [5.41, 5.74) is -2.87. The van der Waals surface area contributed by atoms with Crippen molar-refractivity contribution in [3.05, 3.63) is 113 Å². The second kappa shape index (κ2) is 14.0. The van der Waals surface area contributed by atoms with Crippen LogP contribution in [0.15, 0.2) is 72.8 Å². The molecule has 5 rings (SSSR count). The van der Waals surface area contributed by atoms with Crippen LogP contribution in [0.25, 0.3) is 22.3 Å². The van der Waals surface area contributed by atoms with Crippen molar-refractivity contribution in [2.24, 2.45) is 5.92 Å². The van der Waals surface area contributed by atoms with Gasteiger partial charge in [-0.1, -0.05) is 56.5 Å². The molecule has 0 amide bonds. The zero-order valence-corrected chi connectivity index (χ0v) is 25.0. The number of rotatable bonds is 10. The highest BCUT2D eigenvalue weighted by atomic mass is 19.4. The minimum absolute atomic E-state index is 0.0855. The zero-order valence-electron chi connectivity index (χ0n) is 25.0. The molecule has 1 aliphatic heterocycles. The highest BCUT2D eigenvalue weighted by Gasteiger charge is 2.42. The highest BCUT2D eigenvalue weighted by molar-refractivity contribution is 5.71. The third-order valence-corrected chi connectivity index (χ3v) is 7.80. The zero-order chi connectivity index (χ0) is 33.9. The standard InChI is InChI=1S/C35H29F9O3/c1-2-3-4-5-20-18-45-33(46-19-20)24-16-30(38)32(31(39)17-24)35(43,44)47-25-10-6-21(7-11-25)22-8-12-26(28(36)14-22)23-9-13-27(29(37)15-23)34(40,41)42/h6-17,20,33H,2-5,18-19H2,1H3. The minimum Gasteiger partial charge on any atom is -0.429 e. The number of unbranched alkanes of at least 4 members (excludes halogenated alkanes) is 2. The summed E-state index contributed by atoms with van der Waals surface area (Å²) in [6.45, 7) is 2.70. The predicted octanol–water partition coefficient (Wildman–Crippen LogP) is 11.0. The smallest absolute Gasteiger partial charge is 0.429 e. The summed E-state index contributed by atoms with van der Waals surface area (Å²) >= 11 is 0. The van der Waals surface area contributed by atoms with Gasteiger partial charge < -0.3 is 14.2 Å². The fourth-order valence-electron chi connectivity index (χ4n) is 5.35. The van der Waals surface area contributed by atoms with Crippen LogP contribution in [-0.2, 0) is 21.8 Å². The lowest BCUT2D eigenvalue weighted by Crippen LogP contribution is -2.28. The second-order valence-corrected chi connectivity index (χ2v) is 11.3. The van der Waals surface area contributed by atoms with Gasteiger partial charge in [0.25, 0.3) is 0 Å². The molecule has 1 fully saturated rings. The second-order valence-electron chi connectivity index (χ2n) is 11.3. The Balaban J connectivity index is 1.26. The molecule has 0 spiro atoms. The van der Waals surface area contributed by atoms with Crippen molar-refractivity contribution in [1.82, 2.24) is 0 Å². The monoisotopic (exact) mass is 668 g/mol. The molecular formula is C35H29F9O3. The fourth-order valence-corrected chi connectivity index (χ4v) is 5.35. The molecule has 1 heterocycles. The Labute approximate surface area is 264 Å². The van der Waals surface area contributed by atoms with Crippen molar-refractivity contribution in [1.29, 1.82) is 0 Å². The first kappa shape index (κ1) is 34.3. The molecule has 1 aliphatic rings. The summed E-state index contributed by atoms with van der Waals surface area (Å²) in [4.78, 5) is 0. The molecule has 0 aliphatic carbocycles. The average Bonchev–Trinajstić information content (AvgIpc) is 3.00. The van der Waals surface area contributed by atoms with Gasteiger partial charge in [-0.25, -0.2) is 17.6 Å². The van der Waals surface area contributed by atoms with Gasteiger partial charge in [-0.3, -0.25) is 0 Å². The van der Waals surface area contributed by atoms with Crippen molar-refractivity contribution in [3.63, 3.8) is 0 Å². The third-order valence-electron chi connectivity index (χ3n) is 7.80. The minimum atomic E-state index is -4.91. The van der Waals surface area contributed by atoms with Gasteiger partial charge in [0.2, 0.25) is 0 Å². The Morgan fingerprint density at radius 3 is 1.85 bits per heavy atom. The van der Waals surface area contributed by atoms with Gasteiger partial charge in [0.05, 0.1) is 18.8 Å². The molecule has 4 aromatic rings. The van der Waals surface area contributed by atoms with Gasteiger partial charge in [0, 0.05) is 17.0 Å². The maximum absolute atomic E-state index is 15.0. The molecule has 1 saturated heterocycles. The van der Waals surface area contributed by atoms with Gasteiger partial charge >= 0.3 is 12.3 Å². The van der Waals surface area contributed by atoms with Crippen LogP contribution in [0.3, 0.4) is 0 Å². The van der Waals surface area contributed by atoms with Gasteiger partial charge in [0.15, 0.2) is 6.29 Å². The lowest BCUT2D eigenvalue weighted by atomic mass is 9.98. The molecule has 12 heteroatoms. The van der Waals surface area contributed by atoms with E-state index in [1.807, 2.05) is 0 Å². The molecule has 250 valence electrons. The fraction of sp³-hybridized carbons (Fsp3) is 0.314. The number of ether oxygens (including phenoxy) is 3. The van der Waals surface area contributed by atoms with Crippen LogP contribution < -0.4 is 4.74 Å². The normalized spacial score (nSPS) is 17.1. The predicted molar refractivity (Wildman–Crippen MR) is 155 cm³/mol. The Bertz CT molecular complexity index is 1670. The Hall–Kier alpha value is -4.03. The number of benzene rings is 4. The Morgan fingerprint density at radius 1 is 0.681 bits per heavy atom. The first-order valence-electron chi connectivity index (χ1n) is 14.8. The Kier molecular flexibility index (Phi) is 10.2. The number of alkyl halides is 5. The van der Waals surface area contributed by atoms with Crippen molar-refractivity contribution < 1.29 is 53.7 Å². The van der Waals surface area contributed by atoms with Crippen LogP contribution in [-0.4, -0.2) is 13.2 Å². The van der Waals surface area contributed by atoms with Crippen LogP contribution in [0.5, 0.6) is 5.75 Å². The first-order chi connectivity index (χ1) is 22.3. The summed E-state index contributed by atoms with van der Waals surface area (Å²) in [5.74, 6) is -5.86. The summed E-state index contributed by atoms with van der Waals surface area (Å²) in [6.07, 6.45) is -6.43. The summed E-state index contributed by atoms with van der Waals surface area (Å²) in [7, 11) is 0. The molecule has 3 nitrogen and oxygen atoms in total. The van der Waals surface area contributed by atoms with Crippen LogP contribution in [0.4, 0.5) is 39.5 Å². The molecule has 0 N–H and O–H groups in total. The summed E-state index contributed by atoms with van der Waals surface area (Å²) in [5, 5.41) is 0. The van der Waals surface area contributed by atoms with E-state index in [0.717, 1.165) is 62.1 Å². The van der Waals surface area contributed by atoms with E-state index in [-0.39, 0.29) is 28.2 Å². The van der Waals surface area contributed by atoms with Crippen molar-refractivity contribution in [2.75, 3.05) is 13.2 Å². The summed E-state index contributed by atoms with van der Waals surface area (Å²) < 4.78 is 143. The molecule has 0 aromatic heterocycles. The van der Waals surface area contributed by atoms with E-state index in [9.17, 15) is 30.7 Å². The maximum atomic E-state index is 15.0. The van der Waals surface area contributed by atoms with E-state index < -0.39 is 58.7 Å². The number of hydrogen-bond donors (Lipinski definition) is 0. The molecule has 4 aromatic carbocycles. The van der Waals surface area contributed by atoms with Crippen LogP contribution in [0.2, 0.25) is 0 Å². The van der Waals surface area contributed by atoms with Gasteiger partial charge in [-0.05, 0) is 65.6 Å². The van der Waals surface area contributed by atoms with E-state index in [4.69, 9.17) is 9.47 Å². The number of hydrogen-bond acceptors (Lipinski definition) is 3. The lowest BCUT2D eigenvalue weighted by molar-refractivity contribution is -0.206. The van der Waals surface area contributed by atoms with E-state index in [0.29, 0.717) is 30.9 Å². The van der Waals surface area contributed by atoms with Crippen LogP contribution in [0, 0.1) is 29.2 Å². The molecule has 0 saturated carbocycles. The van der Waals surface area contributed by atoms with Gasteiger partial charge in [-0.2, -0.15) is 22.0 Å². The van der Waals surface area contributed by atoms with Crippen molar-refractivity contribution in [3.8, 4) is 28.0 Å². The average molecular weight is 669 g/mol. The lowest BCUT2D eigenvalue weighted by Gasteiger charge is -2.30. The summed E-state index contributed by atoms with van der Waals surface area (Å²) in [6, 6.07) is 11.9. The van der Waals surface area contributed by atoms with E-state index in [1.54, 1.807) is 0 Å². The quantitative estimate of drug-likeness (QED) is 0.124. The first-order valence-corrected chi connectivity index (χ1v) is 14.8. The topological polar surface area (TPSA) is 27.7 Å². The van der Waals surface area contributed by atoms with Crippen LogP contribution >= 0.6 is 0 Å². The van der Waals surface area contributed by atoms with Gasteiger partial charge in [0.1, 0.15) is 34.6 Å². The molecular weight excluding hydrogens is 639 g/mol. The van der Waals surface area contributed by atoms with E-state index >= 15 is 8.78 Å². The highest BCUT2D eigenvalue weighted by Crippen LogP contribution is 2.39. The van der Waals surface area contributed by atoms with E-state index in [1.165, 1.54) is 24.3 Å². The number of halogens is 9. The maximum Gasteiger partial charge on any atom is 0.432 e. The van der Waals surface area contributed by atoms with Crippen molar-refractivity contribution >= 4 is 0 Å². The van der Waals surface area contributed by atoms with Gasteiger partial charge in [-0.15, -0.1) is 0 Å². The largest absolute Gasteiger partial charge is 0.432 e. The molecule has 0 atom stereocenters. The van der Waals surface area contributed by atoms with Crippen molar-refractivity contribution in [2.45, 2.75) is 51.2 Å². The van der Waals surface area contributed by atoms with Crippen LogP contribution in [0.1, 0.15) is 55.6 Å². The SMILES string of the molecule is CCCCCC1COC(c2cc(F)c(C(F)(F)Oc3ccc(-c4ccc(-c5ccc(C(F)(F)F)c(F)c5)c(F)c4)cc3)c(F)c2)OC1. The van der Waals surface area contributed by atoms with E-state index in [2.05, 4.69) is 11.7 Å². The Morgan fingerprint density at radius 2 is 1.28 bits per heavy atom. The molecule has 0 unspecified atom stereocenters. The molecule has 47 heavy (non-hydrogen) atoms. The molecule has 0 radical (unpaired) electrons. The molecule has 0 bridgehead atoms.